The first kappa shape index (κ1) is 6.43. The summed E-state index contributed by atoms with van der Waals surface area (Å²) in [7, 11) is 0. The molecule has 8 heavy (non-hydrogen) atoms. The van der Waals surface area contributed by atoms with Gasteiger partial charge in [0.15, 0.2) is 0 Å². The molecule has 1 nitrogen and oxygen atoms in total. The second-order valence-electron chi connectivity index (χ2n) is 2.46. The summed E-state index contributed by atoms with van der Waals surface area (Å²) >= 11 is 1.87. The molecule has 0 aromatic heterocycles. The third kappa shape index (κ3) is 1.39. The van der Waals surface area contributed by atoms with E-state index in [4.69, 9.17) is 0 Å². The SMILES string of the molecule is CSN1CC[C@H](C)C1. The normalized spacial score (nSPS) is 31.5. The van der Waals surface area contributed by atoms with Crippen molar-refractivity contribution in [2.24, 2.45) is 5.92 Å². The molecule has 0 unspecified atom stereocenters. The van der Waals surface area contributed by atoms with Crippen LogP contribution < -0.4 is 0 Å². The van der Waals surface area contributed by atoms with Gasteiger partial charge in [-0.05, 0) is 18.6 Å². The second kappa shape index (κ2) is 2.74. The Labute approximate surface area is 55.6 Å². The van der Waals surface area contributed by atoms with Crippen molar-refractivity contribution in [2.45, 2.75) is 13.3 Å². The van der Waals surface area contributed by atoms with E-state index in [-0.39, 0.29) is 0 Å². The zero-order valence-electron chi connectivity index (χ0n) is 5.55. The Morgan fingerprint density at radius 3 is 2.62 bits per heavy atom. The molecule has 0 amide bonds. The lowest BCUT2D eigenvalue weighted by Gasteiger charge is -2.08. The molecule has 1 atom stereocenters. The summed E-state index contributed by atoms with van der Waals surface area (Å²) in [5.74, 6) is 0.933. The molecule has 0 aromatic carbocycles. The first-order chi connectivity index (χ1) is 3.83. The number of rotatable bonds is 1. The lowest BCUT2D eigenvalue weighted by Crippen LogP contribution is -2.09. The molecule has 1 aliphatic rings. The molecule has 2 heteroatoms. The third-order valence-corrected chi connectivity index (χ3v) is 2.49. The van der Waals surface area contributed by atoms with Crippen molar-refractivity contribution < 1.29 is 0 Å². The quantitative estimate of drug-likeness (QED) is 0.497. The van der Waals surface area contributed by atoms with Gasteiger partial charge in [0.2, 0.25) is 0 Å². The lowest BCUT2D eigenvalue weighted by atomic mass is 10.2. The smallest absolute Gasteiger partial charge is 0.0115 e. The predicted octanol–water partition coefficient (Wildman–Crippen LogP) is 1.61. The molecule has 1 saturated heterocycles. The summed E-state index contributed by atoms with van der Waals surface area (Å²) in [4.78, 5) is 0. The van der Waals surface area contributed by atoms with Crippen molar-refractivity contribution in [3.63, 3.8) is 0 Å². The third-order valence-electron chi connectivity index (χ3n) is 1.64. The zero-order chi connectivity index (χ0) is 5.98. The minimum atomic E-state index is 0.933. The van der Waals surface area contributed by atoms with Crippen molar-refractivity contribution in [2.75, 3.05) is 19.3 Å². The van der Waals surface area contributed by atoms with Crippen LogP contribution in [0.15, 0.2) is 0 Å². The highest BCUT2D eigenvalue weighted by molar-refractivity contribution is 7.96. The Kier molecular flexibility index (Phi) is 2.20. The minimum Gasteiger partial charge on any atom is -0.251 e. The zero-order valence-corrected chi connectivity index (χ0v) is 6.37. The van der Waals surface area contributed by atoms with E-state index in [0.29, 0.717) is 0 Å². The van der Waals surface area contributed by atoms with Crippen LogP contribution in [0.5, 0.6) is 0 Å². The van der Waals surface area contributed by atoms with Crippen LogP contribution in [-0.2, 0) is 0 Å². The highest BCUT2D eigenvalue weighted by Crippen LogP contribution is 2.19. The van der Waals surface area contributed by atoms with Crippen LogP contribution in [0.4, 0.5) is 0 Å². The van der Waals surface area contributed by atoms with Crippen molar-refractivity contribution >= 4 is 11.9 Å². The van der Waals surface area contributed by atoms with Crippen LogP contribution >= 0.6 is 11.9 Å². The molecule has 0 aromatic rings. The molecule has 0 bridgehead atoms. The first-order valence-electron chi connectivity index (χ1n) is 3.12. The topological polar surface area (TPSA) is 3.24 Å². The van der Waals surface area contributed by atoms with Crippen LogP contribution in [0.25, 0.3) is 0 Å². The molecule has 48 valence electrons. The molecule has 0 spiro atoms. The van der Waals surface area contributed by atoms with Gasteiger partial charge in [-0.1, -0.05) is 18.9 Å². The van der Waals surface area contributed by atoms with Gasteiger partial charge < -0.3 is 0 Å². The first-order valence-corrected chi connectivity index (χ1v) is 4.30. The van der Waals surface area contributed by atoms with Gasteiger partial charge in [-0.2, -0.15) is 0 Å². The van der Waals surface area contributed by atoms with Gasteiger partial charge in [-0.25, -0.2) is 0 Å². The van der Waals surface area contributed by atoms with E-state index in [1.807, 2.05) is 11.9 Å². The molecule has 0 N–H and O–H groups in total. The standard InChI is InChI=1S/C6H13NS/c1-6-3-4-7(5-6)8-2/h6H,3-5H2,1-2H3/t6-/m0/s1. The van der Waals surface area contributed by atoms with Crippen molar-refractivity contribution in [3.8, 4) is 0 Å². The van der Waals surface area contributed by atoms with Crippen LogP contribution in [0, 0.1) is 5.92 Å². The number of hydrogen-bond donors (Lipinski definition) is 0. The fourth-order valence-corrected chi connectivity index (χ4v) is 1.75. The van der Waals surface area contributed by atoms with Gasteiger partial charge in [-0.3, -0.25) is 4.31 Å². The van der Waals surface area contributed by atoms with E-state index in [2.05, 4.69) is 17.5 Å². The minimum absolute atomic E-state index is 0.933. The summed E-state index contributed by atoms with van der Waals surface area (Å²) in [6.45, 7) is 4.90. The van der Waals surface area contributed by atoms with Gasteiger partial charge in [0, 0.05) is 13.1 Å². The van der Waals surface area contributed by atoms with Crippen LogP contribution in [0.2, 0.25) is 0 Å². The Hall–Kier alpha value is 0.310. The van der Waals surface area contributed by atoms with Gasteiger partial charge in [0.25, 0.3) is 0 Å². The Morgan fingerprint density at radius 2 is 2.38 bits per heavy atom. The number of nitrogens with zero attached hydrogens (tertiary/aromatic N) is 1. The predicted molar refractivity (Wildman–Crippen MR) is 38.9 cm³/mol. The maximum Gasteiger partial charge on any atom is 0.0115 e. The van der Waals surface area contributed by atoms with E-state index in [1.165, 1.54) is 19.5 Å². The molecule has 0 radical (unpaired) electrons. The van der Waals surface area contributed by atoms with Crippen molar-refractivity contribution in [3.05, 3.63) is 0 Å². The van der Waals surface area contributed by atoms with E-state index < -0.39 is 0 Å². The van der Waals surface area contributed by atoms with E-state index in [9.17, 15) is 0 Å². The second-order valence-corrected chi connectivity index (χ2v) is 3.35. The monoisotopic (exact) mass is 131 g/mol. The Bertz CT molecular complexity index is 74.9. The number of hydrogen-bond acceptors (Lipinski definition) is 2. The molecule has 1 aliphatic heterocycles. The molecular formula is C6H13NS. The maximum atomic E-state index is 2.42. The van der Waals surface area contributed by atoms with Crippen LogP contribution in [-0.4, -0.2) is 23.7 Å². The molecule has 1 heterocycles. The van der Waals surface area contributed by atoms with Gasteiger partial charge in [-0.15, -0.1) is 0 Å². The Morgan fingerprint density at radius 1 is 1.62 bits per heavy atom. The Balaban J connectivity index is 2.22. The van der Waals surface area contributed by atoms with Crippen LogP contribution in [0.1, 0.15) is 13.3 Å². The highest BCUT2D eigenvalue weighted by atomic mass is 32.2. The fourth-order valence-electron chi connectivity index (χ4n) is 1.06. The maximum absolute atomic E-state index is 2.42. The molecule has 1 fully saturated rings. The average Bonchev–Trinajstić information content (AvgIpc) is 2.14. The van der Waals surface area contributed by atoms with Gasteiger partial charge in [0.1, 0.15) is 0 Å². The van der Waals surface area contributed by atoms with E-state index in [1.54, 1.807) is 0 Å². The fraction of sp³-hybridized carbons (Fsp3) is 1.00. The van der Waals surface area contributed by atoms with Gasteiger partial charge >= 0.3 is 0 Å². The van der Waals surface area contributed by atoms with E-state index in [0.717, 1.165) is 5.92 Å². The summed E-state index contributed by atoms with van der Waals surface area (Å²) in [5, 5.41) is 0. The summed E-state index contributed by atoms with van der Waals surface area (Å²) < 4.78 is 2.42. The molecule has 0 saturated carbocycles. The van der Waals surface area contributed by atoms with Crippen LogP contribution in [0.3, 0.4) is 0 Å². The highest BCUT2D eigenvalue weighted by Gasteiger charge is 2.16. The molecule has 0 aliphatic carbocycles. The van der Waals surface area contributed by atoms with Crippen molar-refractivity contribution in [1.82, 2.24) is 4.31 Å². The lowest BCUT2D eigenvalue weighted by molar-refractivity contribution is 0.551. The molecular weight excluding hydrogens is 118 g/mol. The summed E-state index contributed by atoms with van der Waals surface area (Å²) in [6.07, 6.45) is 3.54. The summed E-state index contributed by atoms with van der Waals surface area (Å²) in [6, 6.07) is 0. The van der Waals surface area contributed by atoms with Crippen molar-refractivity contribution in [1.29, 1.82) is 0 Å². The average molecular weight is 131 g/mol. The van der Waals surface area contributed by atoms with E-state index >= 15 is 0 Å². The van der Waals surface area contributed by atoms with Gasteiger partial charge in [0.05, 0.1) is 0 Å². The summed E-state index contributed by atoms with van der Waals surface area (Å²) in [5.41, 5.74) is 0. The molecule has 1 rings (SSSR count). The largest absolute Gasteiger partial charge is 0.251 e.